The second-order valence-corrected chi connectivity index (χ2v) is 2.26. The van der Waals surface area contributed by atoms with Crippen molar-refractivity contribution in [3.8, 4) is 12.1 Å². The predicted octanol–water partition coefficient (Wildman–Crippen LogP) is -0.501. The van der Waals surface area contributed by atoms with Gasteiger partial charge in [0.05, 0.1) is 0 Å². The predicted molar refractivity (Wildman–Crippen MR) is 47.9 cm³/mol. The minimum atomic E-state index is -0.566. The lowest BCUT2D eigenvalue weighted by atomic mass is 10.7. The molecule has 2 N–H and O–H groups in total. The number of aromatic nitrogens is 3. The summed E-state index contributed by atoms with van der Waals surface area (Å²) in [6.07, 6.45) is 0. The summed E-state index contributed by atoms with van der Waals surface area (Å²) in [6, 6.07) is 1.65. The molecule has 7 nitrogen and oxygen atoms in total. The van der Waals surface area contributed by atoms with Gasteiger partial charge in [-0.3, -0.25) is 4.98 Å². The highest BCUT2D eigenvalue weighted by atomic mass is 16.5. The first-order chi connectivity index (χ1) is 6.76. The molecule has 14 heavy (non-hydrogen) atoms. The van der Waals surface area contributed by atoms with Crippen LogP contribution in [0, 0.1) is 11.3 Å². The van der Waals surface area contributed by atoms with Crippen molar-refractivity contribution in [3.63, 3.8) is 0 Å². The molecule has 0 saturated carbocycles. The Balaban J connectivity index is 2.85. The van der Waals surface area contributed by atoms with Gasteiger partial charge in [-0.1, -0.05) is 0 Å². The Bertz CT molecular complexity index is 394. The number of hydrogen-bond acceptors (Lipinski definition) is 6. The van der Waals surface area contributed by atoms with Crippen LogP contribution in [-0.4, -0.2) is 28.1 Å². The number of rotatable bonds is 4. The molecule has 1 rings (SSSR count). The molecule has 0 spiro atoms. The van der Waals surface area contributed by atoms with Gasteiger partial charge in [-0.15, -0.1) is 4.98 Å². The lowest BCUT2D eigenvalue weighted by molar-refractivity contribution is 0.335. The maximum atomic E-state index is 10.9. The van der Waals surface area contributed by atoms with E-state index in [2.05, 4.69) is 20.3 Å². The number of aromatic amines is 1. The molecule has 0 aliphatic rings. The summed E-state index contributed by atoms with van der Waals surface area (Å²) in [6.45, 7) is 2.29. The highest BCUT2D eigenvalue weighted by Gasteiger charge is 2.01. The monoisotopic (exact) mass is 195 g/mol. The minimum Gasteiger partial charge on any atom is -0.448 e. The maximum absolute atomic E-state index is 10.9. The largest absolute Gasteiger partial charge is 0.448 e. The first-order valence-corrected chi connectivity index (χ1v) is 3.98. The summed E-state index contributed by atoms with van der Waals surface area (Å²) >= 11 is 0. The average Bonchev–Trinajstić information content (AvgIpc) is 2.14. The average molecular weight is 195 g/mol. The quantitative estimate of drug-likeness (QED) is 0.671. The molecule has 1 heterocycles. The lowest BCUT2D eigenvalue weighted by Gasteiger charge is -2.02. The normalized spacial score (nSPS) is 9.14. The van der Waals surface area contributed by atoms with Crippen LogP contribution in [-0.2, 0) is 0 Å². The molecule has 0 saturated heterocycles. The third-order valence-corrected chi connectivity index (χ3v) is 1.24. The molecule has 1 aromatic rings. The van der Waals surface area contributed by atoms with Crippen LogP contribution in [0.5, 0.6) is 6.01 Å². The second kappa shape index (κ2) is 4.81. The van der Waals surface area contributed by atoms with Gasteiger partial charge >= 0.3 is 11.7 Å². The van der Waals surface area contributed by atoms with Crippen molar-refractivity contribution in [2.24, 2.45) is 0 Å². The van der Waals surface area contributed by atoms with Crippen molar-refractivity contribution >= 4 is 5.95 Å². The first-order valence-electron chi connectivity index (χ1n) is 3.98. The topological polar surface area (TPSA) is 104 Å². The molecule has 74 valence electrons. The number of hydrogen-bond donors (Lipinski definition) is 2. The van der Waals surface area contributed by atoms with Crippen LogP contribution in [0.2, 0.25) is 0 Å². The Morgan fingerprint density at radius 2 is 2.43 bits per heavy atom. The summed E-state index contributed by atoms with van der Waals surface area (Å²) in [5.74, 6) is 0.278. The molecule has 0 aliphatic heterocycles. The van der Waals surface area contributed by atoms with E-state index in [1.54, 1.807) is 6.07 Å². The van der Waals surface area contributed by atoms with E-state index in [1.165, 1.54) is 0 Å². The van der Waals surface area contributed by atoms with Crippen LogP contribution in [0.15, 0.2) is 4.79 Å². The summed E-state index contributed by atoms with van der Waals surface area (Å²) in [5, 5.41) is 11.0. The lowest BCUT2D eigenvalue weighted by Crippen LogP contribution is -2.17. The second-order valence-electron chi connectivity index (χ2n) is 2.26. The van der Waals surface area contributed by atoms with Gasteiger partial charge < -0.3 is 10.1 Å². The zero-order chi connectivity index (χ0) is 10.4. The molecule has 0 aliphatic carbocycles. The van der Waals surface area contributed by atoms with Gasteiger partial charge in [-0.05, 0) is 6.92 Å². The van der Waals surface area contributed by atoms with Gasteiger partial charge in [-0.25, -0.2) is 4.79 Å². The van der Waals surface area contributed by atoms with Crippen molar-refractivity contribution in [1.82, 2.24) is 15.0 Å². The third kappa shape index (κ3) is 2.75. The van der Waals surface area contributed by atoms with Gasteiger partial charge in [-0.2, -0.15) is 10.2 Å². The number of nitrogens with zero attached hydrogens (tertiary/aromatic N) is 3. The standard InChI is InChI=1S/C7H9N5O2/c1-2-9-5-10-6(13)12-7(11-5)14-4-3-8/h2,4H2,1H3,(H2,9,10,11,12,13). The summed E-state index contributed by atoms with van der Waals surface area (Å²) in [4.78, 5) is 20.5. The SMILES string of the molecule is CCNc1nc(OCC#N)nc(=O)[nH]1. The van der Waals surface area contributed by atoms with E-state index in [4.69, 9.17) is 10.00 Å². The van der Waals surface area contributed by atoms with Gasteiger partial charge in [0.2, 0.25) is 5.95 Å². The van der Waals surface area contributed by atoms with E-state index in [0.717, 1.165) is 0 Å². The van der Waals surface area contributed by atoms with E-state index >= 15 is 0 Å². The molecule has 0 unspecified atom stereocenters. The van der Waals surface area contributed by atoms with Crippen molar-refractivity contribution in [1.29, 1.82) is 5.26 Å². The molecular weight excluding hydrogens is 186 g/mol. The number of nitrogens with one attached hydrogen (secondary N) is 2. The third-order valence-electron chi connectivity index (χ3n) is 1.24. The fraction of sp³-hybridized carbons (Fsp3) is 0.429. The fourth-order valence-corrected chi connectivity index (χ4v) is 0.777. The van der Waals surface area contributed by atoms with Gasteiger partial charge in [0, 0.05) is 6.54 Å². The number of H-pyrrole nitrogens is 1. The highest BCUT2D eigenvalue weighted by molar-refractivity contribution is 5.23. The number of nitriles is 1. The first kappa shape index (κ1) is 9.98. The molecular formula is C7H9N5O2. The Morgan fingerprint density at radius 1 is 1.64 bits per heavy atom. The Hall–Kier alpha value is -2.10. The van der Waals surface area contributed by atoms with Gasteiger partial charge in [0.25, 0.3) is 0 Å². The van der Waals surface area contributed by atoms with Gasteiger partial charge in [0.15, 0.2) is 6.61 Å². The molecule has 7 heteroatoms. The van der Waals surface area contributed by atoms with Gasteiger partial charge in [0.1, 0.15) is 6.07 Å². The summed E-state index contributed by atoms with van der Waals surface area (Å²) in [7, 11) is 0. The van der Waals surface area contributed by atoms with Crippen LogP contribution >= 0.6 is 0 Å². The van der Waals surface area contributed by atoms with E-state index < -0.39 is 5.69 Å². The van der Waals surface area contributed by atoms with Crippen LogP contribution in [0.4, 0.5) is 5.95 Å². The Morgan fingerprint density at radius 3 is 3.07 bits per heavy atom. The molecule has 0 amide bonds. The van der Waals surface area contributed by atoms with Crippen molar-refractivity contribution in [2.75, 3.05) is 18.5 Å². The van der Waals surface area contributed by atoms with Crippen molar-refractivity contribution < 1.29 is 4.74 Å². The van der Waals surface area contributed by atoms with E-state index in [-0.39, 0.29) is 18.6 Å². The number of ether oxygens (including phenoxy) is 1. The zero-order valence-electron chi connectivity index (χ0n) is 7.57. The Labute approximate surface area is 79.8 Å². The van der Waals surface area contributed by atoms with E-state index in [0.29, 0.717) is 6.54 Å². The van der Waals surface area contributed by atoms with E-state index in [9.17, 15) is 4.79 Å². The van der Waals surface area contributed by atoms with Crippen LogP contribution in [0.1, 0.15) is 6.92 Å². The molecule has 0 radical (unpaired) electrons. The summed E-state index contributed by atoms with van der Waals surface area (Å²) < 4.78 is 4.78. The molecule has 0 aromatic carbocycles. The summed E-state index contributed by atoms with van der Waals surface area (Å²) in [5.41, 5.74) is -0.566. The Kier molecular flexibility index (Phi) is 3.43. The van der Waals surface area contributed by atoms with Crippen LogP contribution in [0.25, 0.3) is 0 Å². The molecule has 0 bridgehead atoms. The van der Waals surface area contributed by atoms with Crippen molar-refractivity contribution in [2.45, 2.75) is 6.92 Å². The molecule has 1 aromatic heterocycles. The van der Waals surface area contributed by atoms with Crippen molar-refractivity contribution in [3.05, 3.63) is 10.5 Å². The fourth-order valence-electron chi connectivity index (χ4n) is 0.777. The molecule has 0 fully saturated rings. The molecule has 0 atom stereocenters. The zero-order valence-corrected chi connectivity index (χ0v) is 7.57. The van der Waals surface area contributed by atoms with Crippen LogP contribution < -0.4 is 15.7 Å². The van der Waals surface area contributed by atoms with Crippen LogP contribution in [0.3, 0.4) is 0 Å². The number of anilines is 1. The smallest absolute Gasteiger partial charge is 0.352 e. The maximum Gasteiger partial charge on any atom is 0.352 e. The highest BCUT2D eigenvalue weighted by Crippen LogP contribution is 2.00. The van der Waals surface area contributed by atoms with E-state index in [1.807, 2.05) is 6.92 Å². The minimum absolute atomic E-state index is 0.105.